The number of nitrogens with zero attached hydrogens (tertiary/aromatic N) is 1. The average Bonchev–Trinajstić information content (AvgIpc) is 3.27. The van der Waals surface area contributed by atoms with Crippen molar-refractivity contribution in [3.8, 4) is 0 Å². The molecule has 2 amide bonds. The number of benzene rings is 2. The van der Waals surface area contributed by atoms with Gasteiger partial charge in [-0.15, -0.1) is 0 Å². The Hall–Kier alpha value is -3.60. The Bertz CT molecular complexity index is 1110. The molecule has 1 aromatic heterocycles. The zero-order valence-corrected chi connectivity index (χ0v) is 17.1. The average molecular weight is 400 g/mol. The maximum Gasteiger partial charge on any atom is 0.270 e. The first kappa shape index (κ1) is 19.7. The lowest BCUT2D eigenvalue weighted by molar-refractivity contribution is -0.128. The van der Waals surface area contributed by atoms with E-state index in [0.717, 1.165) is 23.1 Å². The first-order valence-electron chi connectivity index (χ1n) is 10.0. The van der Waals surface area contributed by atoms with Crippen molar-refractivity contribution in [2.45, 2.75) is 26.8 Å². The Labute approximate surface area is 176 Å². The smallest absolute Gasteiger partial charge is 0.270 e. The van der Waals surface area contributed by atoms with Gasteiger partial charge in [-0.25, -0.2) is 0 Å². The van der Waals surface area contributed by atoms with E-state index in [9.17, 15) is 9.59 Å². The molecule has 0 bridgehead atoms. The first-order chi connectivity index (χ1) is 14.5. The summed E-state index contributed by atoms with van der Waals surface area (Å²) in [6, 6.07) is 17.1. The monoisotopic (exact) mass is 400 g/mol. The lowest BCUT2D eigenvalue weighted by atomic mass is 9.99. The molecule has 0 saturated heterocycles. The lowest BCUT2D eigenvalue weighted by Gasteiger charge is -2.29. The van der Waals surface area contributed by atoms with Crippen LogP contribution in [0.25, 0.3) is 6.08 Å². The van der Waals surface area contributed by atoms with Crippen LogP contribution in [0.15, 0.2) is 71.0 Å². The molecule has 30 heavy (non-hydrogen) atoms. The molecule has 2 aromatic carbocycles. The Balaban J connectivity index is 1.59. The number of amides is 2. The van der Waals surface area contributed by atoms with Crippen molar-refractivity contribution >= 4 is 17.9 Å². The Morgan fingerprint density at radius 1 is 1.00 bits per heavy atom. The van der Waals surface area contributed by atoms with E-state index >= 15 is 0 Å². The number of fused-ring (bicyclic) bond motifs is 1. The molecular weight excluding hydrogens is 376 g/mol. The van der Waals surface area contributed by atoms with E-state index in [0.29, 0.717) is 24.4 Å². The molecule has 3 aromatic rings. The molecule has 0 saturated carbocycles. The van der Waals surface area contributed by atoms with E-state index in [1.165, 1.54) is 11.8 Å². The van der Waals surface area contributed by atoms with Crippen molar-refractivity contribution in [3.63, 3.8) is 0 Å². The quantitative estimate of drug-likeness (QED) is 0.666. The number of carbonyl (C=O) groups excluding carboxylic acids is 2. The van der Waals surface area contributed by atoms with E-state index in [-0.39, 0.29) is 17.5 Å². The third kappa shape index (κ3) is 4.20. The summed E-state index contributed by atoms with van der Waals surface area (Å²) in [4.78, 5) is 28.0. The van der Waals surface area contributed by atoms with Gasteiger partial charge in [0.25, 0.3) is 11.8 Å². The minimum atomic E-state index is -0.318. The summed E-state index contributed by atoms with van der Waals surface area (Å²) in [7, 11) is 0. The topological polar surface area (TPSA) is 62.6 Å². The predicted molar refractivity (Wildman–Crippen MR) is 116 cm³/mol. The summed E-state index contributed by atoms with van der Waals surface area (Å²) in [6.07, 6.45) is 3.92. The molecule has 5 heteroatoms. The molecule has 1 aliphatic heterocycles. The van der Waals surface area contributed by atoms with Crippen LogP contribution in [0.4, 0.5) is 0 Å². The molecule has 0 fully saturated rings. The first-order valence-corrected chi connectivity index (χ1v) is 10.0. The Kier molecular flexibility index (Phi) is 5.53. The van der Waals surface area contributed by atoms with Gasteiger partial charge in [0.05, 0.1) is 6.26 Å². The number of carbonyl (C=O) groups is 2. The molecule has 152 valence electrons. The Morgan fingerprint density at radius 3 is 2.53 bits per heavy atom. The summed E-state index contributed by atoms with van der Waals surface area (Å²) in [5, 5.41) is 2.81. The lowest BCUT2D eigenvalue weighted by Crippen LogP contribution is -2.41. The third-order valence-corrected chi connectivity index (χ3v) is 5.50. The molecule has 5 nitrogen and oxygen atoms in total. The fourth-order valence-electron chi connectivity index (χ4n) is 3.58. The molecule has 1 N–H and O–H groups in total. The predicted octanol–water partition coefficient (Wildman–Crippen LogP) is 4.25. The fourth-order valence-corrected chi connectivity index (χ4v) is 3.58. The highest BCUT2D eigenvalue weighted by atomic mass is 16.3. The standard InChI is InChI=1S/C25H24N2O3/c1-17-9-10-20(14-18(17)2)24(28)26-23(15-22-8-5-13-30-22)25(29)27-12-11-19-6-3-4-7-21(19)16-27/h3-10,13-15H,11-12,16H2,1-2H3,(H,26,28)/b23-15+. The van der Waals surface area contributed by atoms with Crippen molar-refractivity contribution in [2.24, 2.45) is 0 Å². The van der Waals surface area contributed by atoms with Gasteiger partial charge in [0.2, 0.25) is 0 Å². The van der Waals surface area contributed by atoms with E-state index in [1.807, 2.05) is 44.2 Å². The molecule has 0 radical (unpaired) electrons. The van der Waals surface area contributed by atoms with Gasteiger partial charge < -0.3 is 14.6 Å². The number of furan rings is 1. The van der Waals surface area contributed by atoms with Crippen molar-refractivity contribution in [3.05, 3.63) is 100 Å². The van der Waals surface area contributed by atoms with Gasteiger partial charge in [-0.1, -0.05) is 30.3 Å². The summed E-state index contributed by atoms with van der Waals surface area (Å²) < 4.78 is 5.38. The van der Waals surface area contributed by atoms with Crippen LogP contribution in [-0.2, 0) is 17.8 Å². The van der Waals surface area contributed by atoms with Crippen molar-refractivity contribution in [1.29, 1.82) is 0 Å². The second-order valence-corrected chi connectivity index (χ2v) is 7.57. The van der Waals surface area contributed by atoms with Crippen LogP contribution < -0.4 is 5.32 Å². The van der Waals surface area contributed by atoms with Crippen molar-refractivity contribution < 1.29 is 14.0 Å². The largest absolute Gasteiger partial charge is 0.465 e. The van der Waals surface area contributed by atoms with Crippen LogP contribution in [0.2, 0.25) is 0 Å². The number of hydrogen-bond donors (Lipinski definition) is 1. The third-order valence-electron chi connectivity index (χ3n) is 5.50. The van der Waals surface area contributed by atoms with Gasteiger partial charge in [0.15, 0.2) is 0 Å². The van der Waals surface area contributed by atoms with Crippen LogP contribution >= 0.6 is 0 Å². The minimum absolute atomic E-state index is 0.201. The molecular formula is C25H24N2O3. The zero-order chi connectivity index (χ0) is 21.1. The summed E-state index contributed by atoms with van der Waals surface area (Å²) in [6.45, 7) is 5.08. The van der Waals surface area contributed by atoms with Gasteiger partial charge in [-0.3, -0.25) is 9.59 Å². The van der Waals surface area contributed by atoms with E-state index in [1.54, 1.807) is 29.2 Å². The molecule has 0 spiro atoms. The highest BCUT2D eigenvalue weighted by Crippen LogP contribution is 2.21. The van der Waals surface area contributed by atoms with Crippen LogP contribution in [-0.4, -0.2) is 23.3 Å². The molecule has 1 aliphatic rings. The Morgan fingerprint density at radius 2 is 1.80 bits per heavy atom. The van der Waals surface area contributed by atoms with Crippen LogP contribution in [0.3, 0.4) is 0 Å². The molecule has 0 atom stereocenters. The van der Waals surface area contributed by atoms with Crippen LogP contribution in [0.1, 0.15) is 38.4 Å². The molecule has 2 heterocycles. The van der Waals surface area contributed by atoms with Gasteiger partial charge >= 0.3 is 0 Å². The maximum absolute atomic E-state index is 13.3. The minimum Gasteiger partial charge on any atom is -0.465 e. The van der Waals surface area contributed by atoms with Crippen LogP contribution in [0.5, 0.6) is 0 Å². The normalized spacial score (nSPS) is 13.7. The number of rotatable bonds is 4. The number of aryl methyl sites for hydroxylation is 2. The van der Waals surface area contributed by atoms with E-state index in [2.05, 4.69) is 11.4 Å². The molecule has 0 aliphatic carbocycles. The second-order valence-electron chi connectivity index (χ2n) is 7.57. The maximum atomic E-state index is 13.3. The van der Waals surface area contributed by atoms with Gasteiger partial charge in [0, 0.05) is 24.7 Å². The van der Waals surface area contributed by atoms with Crippen LogP contribution in [0, 0.1) is 13.8 Å². The number of hydrogen-bond acceptors (Lipinski definition) is 3. The van der Waals surface area contributed by atoms with Gasteiger partial charge in [0.1, 0.15) is 11.5 Å². The van der Waals surface area contributed by atoms with Gasteiger partial charge in [-0.05, 0) is 66.8 Å². The summed E-state index contributed by atoms with van der Waals surface area (Å²) >= 11 is 0. The van der Waals surface area contributed by atoms with Gasteiger partial charge in [-0.2, -0.15) is 0 Å². The van der Waals surface area contributed by atoms with Crippen molar-refractivity contribution in [2.75, 3.05) is 6.54 Å². The molecule has 0 unspecified atom stereocenters. The molecule has 4 rings (SSSR count). The second kappa shape index (κ2) is 8.41. The fraction of sp³-hybridized carbons (Fsp3) is 0.200. The highest BCUT2D eigenvalue weighted by molar-refractivity contribution is 6.05. The summed E-state index contributed by atoms with van der Waals surface area (Å²) in [5.74, 6) is -0.0316. The van der Waals surface area contributed by atoms with E-state index in [4.69, 9.17) is 4.42 Å². The van der Waals surface area contributed by atoms with E-state index < -0.39 is 0 Å². The summed E-state index contributed by atoms with van der Waals surface area (Å²) in [5.41, 5.74) is 5.25. The zero-order valence-electron chi connectivity index (χ0n) is 17.1. The SMILES string of the molecule is Cc1ccc(C(=O)N/C(=C/c2ccco2)C(=O)N2CCc3ccccc3C2)cc1C. The van der Waals surface area contributed by atoms with Crippen molar-refractivity contribution in [1.82, 2.24) is 10.2 Å². The highest BCUT2D eigenvalue weighted by Gasteiger charge is 2.25. The number of nitrogens with one attached hydrogen (secondary N) is 1.